The van der Waals surface area contributed by atoms with Gasteiger partial charge in [-0.05, 0) is 91.3 Å². The molecule has 1 N–H and O–H groups in total. The molecule has 4 aliphatic rings. The van der Waals surface area contributed by atoms with Gasteiger partial charge >= 0.3 is 0 Å². The van der Waals surface area contributed by atoms with Crippen LogP contribution in [0.1, 0.15) is 105 Å². The van der Waals surface area contributed by atoms with E-state index in [0.717, 1.165) is 42.4 Å². The average molecular weight is 481 g/mol. The Hall–Kier alpha value is -0.0500. The smallest absolute Gasteiger partial charge is 0.220 e. The summed E-state index contributed by atoms with van der Waals surface area (Å²) in [6.07, 6.45) is 14.1. The van der Waals surface area contributed by atoms with Gasteiger partial charge in [0, 0.05) is 17.3 Å². The maximum atomic E-state index is 13.0. The molecule has 4 fully saturated rings. The summed E-state index contributed by atoms with van der Waals surface area (Å²) in [6.45, 7) is 12.4. The molecule has 30 heavy (non-hydrogen) atoms. The van der Waals surface area contributed by atoms with Crippen molar-refractivity contribution in [1.29, 1.82) is 0 Å². The first-order chi connectivity index (χ1) is 14.1. The first kappa shape index (κ1) is 23.1. The largest absolute Gasteiger partial charge is 0.353 e. The molecule has 9 atom stereocenters. The molecule has 3 aliphatic carbocycles. The van der Waals surface area contributed by atoms with E-state index in [-0.39, 0.29) is 0 Å². The average Bonchev–Trinajstić information content (AvgIpc) is 2.97. The van der Waals surface area contributed by atoms with E-state index in [1.807, 2.05) is 0 Å². The minimum absolute atomic E-state index is 0.295. The van der Waals surface area contributed by atoms with Gasteiger partial charge in [-0.1, -0.05) is 69.8 Å². The molecule has 0 spiro atoms. The minimum atomic E-state index is 0.295. The molecule has 1 aliphatic heterocycles. The van der Waals surface area contributed by atoms with Gasteiger partial charge in [-0.3, -0.25) is 4.79 Å². The second-order valence-electron chi connectivity index (χ2n) is 12.6. The highest BCUT2D eigenvalue weighted by atomic mass is 79.9. The number of carbonyl (C=O) groups is 1. The normalized spacial score (nSPS) is 47.1. The van der Waals surface area contributed by atoms with Crippen LogP contribution in [0.15, 0.2) is 0 Å². The molecule has 0 aromatic rings. The molecule has 172 valence electrons. The Bertz CT molecular complexity index is 634. The summed E-state index contributed by atoms with van der Waals surface area (Å²) in [5.74, 6) is 4.97. The van der Waals surface area contributed by atoms with Crippen LogP contribution in [0, 0.1) is 46.3 Å². The molecule has 0 aromatic carbocycles. The predicted molar refractivity (Wildman–Crippen MR) is 130 cm³/mol. The highest BCUT2D eigenvalue weighted by Gasteiger charge is 2.60. The van der Waals surface area contributed by atoms with Gasteiger partial charge in [0.15, 0.2) is 0 Å². The number of rotatable bonds is 5. The van der Waals surface area contributed by atoms with Gasteiger partial charge in [-0.25, -0.2) is 0 Å². The summed E-state index contributed by atoms with van der Waals surface area (Å²) in [5, 5.41) is 3.50. The van der Waals surface area contributed by atoms with Gasteiger partial charge in [-0.15, -0.1) is 0 Å². The molecule has 9 unspecified atom stereocenters. The van der Waals surface area contributed by atoms with Gasteiger partial charge in [-0.2, -0.15) is 0 Å². The molecule has 1 amide bonds. The molecular weight excluding hydrogens is 434 g/mol. The summed E-state index contributed by atoms with van der Waals surface area (Å²) in [4.78, 5) is 13.6. The van der Waals surface area contributed by atoms with Crippen molar-refractivity contribution in [2.45, 2.75) is 116 Å². The molecule has 3 saturated carbocycles. The second kappa shape index (κ2) is 8.71. The van der Waals surface area contributed by atoms with Crippen LogP contribution in [0.3, 0.4) is 0 Å². The number of alkyl halides is 1. The van der Waals surface area contributed by atoms with Crippen molar-refractivity contribution in [3.8, 4) is 0 Å². The molecule has 3 heteroatoms. The zero-order valence-corrected chi connectivity index (χ0v) is 21.8. The van der Waals surface area contributed by atoms with Gasteiger partial charge in [0.1, 0.15) is 0 Å². The topological polar surface area (TPSA) is 29.1 Å². The van der Waals surface area contributed by atoms with Crippen molar-refractivity contribution in [3.63, 3.8) is 0 Å². The van der Waals surface area contributed by atoms with Crippen LogP contribution < -0.4 is 5.32 Å². The second-order valence-corrected chi connectivity index (χ2v) is 13.9. The summed E-state index contributed by atoms with van der Waals surface area (Å²) in [7, 11) is 0. The van der Waals surface area contributed by atoms with Crippen molar-refractivity contribution >= 4 is 21.8 Å². The molecule has 4 rings (SSSR count). The van der Waals surface area contributed by atoms with Crippen LogP contribution in [0.25, 0.3) is 0 Å². The van der Waals surface area contributed by atoms with Crippen LogP contribution >= 0.6 is 15.9 Å². The van der Waals surface area contributed by atoms with Crippen LogP contribution in [0.5, 0.6) is 0 Å². The Kier molecular flexibility index (Phi) is 6.71. The SMILES string of the molecule is CC(C)CCCC(C)C1CCC2C3CC(=O)NC4CC(Br)CCC4(C)C3CCC12C. The summed E-state index contributed by atoms with van der Waals surface area (Å²) in [6, 6.07) is 0.370. The number of amides is 1. The Labute approximate surface area is 194 Å². The van der Waals surface area contributed by atoms with Crippen LogP contribution in [0.2, 0.25) is 0 Å². The highest BCUT2D eigenvalue weighted by molar-refractivity contribution is 9.09. The summed E-state index contributed by atoms with van der Waals surface area (Å²) >= 11 is 3.86. The first-order valence-corrected chi connectivity index (χ1v) is 14.0. The van der Waals surface area contributed by atoms with Gasteiger partial charge in [0.05, 0.1) is 0 Å². The number of hydrogen-bond acceptors (Lipinski definition) is 1. The fourth-order valence-electron chi connectivity index (χ4n) is 8.84. The Morgan fingerprint density at radius 1 is 1.00 bits per heavy atom. The number of halogens is 1. The summed E-state index contributed by atoms with van der Waals surface area (Å²) < 4.78 is 0. The lowest BCUT2D eigenvalue weighted by atomic mass is 9.49. The third-order valence-electron chi connectivity index (χ3n) is 10.5. The van der Waals surface area contributed by atoms with E-state index in [1.165, 1.54) is 57.8 Å². The monoisotopic (exact) mass is 479 g/mol. The van der Waals surface area contributed by atoms with Gasteiger partial charge in [0.2, 0.25) is 5.91 Å². The van der Waals surface area contributed by atoms with Gasteiger partial charge < -0.3 is 5.32 Å². The molecule has 0 radical (unpaired) electrons. The van der Waals surface area contributed by atoms with E-state index < -0.39 is 0 Å². The number of fused-ring (bicyclic) bond motifs is 5. The third kappa shape index (κ3) is 4.03. The van der Waals surface area contributed by atoms with Crippen LogP contribution in [-0.4, -0.2) is 16.8 Å². The quantitative estimate of drug-likeness (QED) is 0.410. The van der Waals surface area contributed by atoms with E-state index in [2.05, 4.69) is 55.9 Å². The van der Waals surface area contributed by atoms with E-state index in [9.17, 15) is 4.79 Å². The van der Waals surface area contributed by atoms with E-state index >= 15 is 0 Å². The maximum absolute atomic E-state index is 13.0. The van der Waals surface area contributed by atoms with Crippen molar-refractivity contribution in [1.82, 2.24) is 5.32 Å². The van der Waals surface area contributed by atoms with E-state index in [1.54, 1.807) is 0 Å². The standard InChI is InChI=1S/C27H46BrNO/c1-17(2)7-6-8-18(3)21-9-10-22-20-16-25(30)29-24-15-19(28)11-13-27(24,5)23(20)12-14-26(21,22)4/h17-24H,6-16H2,1-5H3,(H,29,30). The lowest BCUT2D eigenvalue weighted by molar-refractivity contribution is -0.123. The Morgan fingerprint density at radius 3 is 2.43 bits per heavy atom. The molecule has 0 bridgehead atoms. The number of hydrogen-bond donors (Lipinski definition) is 1. The lowest BCUT2D eigenvalue weighted by Crippen LogP contribution is -2.54. The lowest BCUT2D eigenvalue weighted by Gasteiger charge is -2.56. The number of nitrogens with one attached hydrogen (secondary N) is 1. The highest BCUT2D eigenvalue weighted by Crippen LogP contribution is 2.65. The molecule has 2 nitrogen and oxygen atoms in total. The summed E-state index contributed by atoms with van der Waals surface area (Å²) in [5.41, 5.74) is 0.755. The van der Waals surface area contributed by atoms with Crippen molar-refractivity contribution < 1.29 is 4.79 Å². The van der Waals surface area contributed by atoms with Gasteiger partial charge in [0.25, 0.3) is 0 Å². The van der Waals surface area contributed by atoms with Crippen LogP contribution in [0.4, 0.5) is 0 Å². The zero-order chi connectivity index (χ0) is 21.7. The molecular formula is C27H46BrNO. The van der Waals surface area contributed by atoms with E-state index in [0.29, 0.717) is 33.5 Å². The van der Waals surface area contributed by atoms with E-state index in [4.69, 9.17) is 0 Å². The fraction of sp³-hybridized carbons (Fsp3) is 0.963. The van der Waals surface area contributed by atoms with Crippen LogP contribution in [-0.2, 0) is 4.79 Å². The van der Waals surface area contributed by atoms with Crippen molar-refractivity contribution in [2.75, 3.05) is 0 Å². The predicted octanol–water partition coefficient (Wildman–Crippen LogP) is 7.35. The fourth-order valence-corrected chi connectivity index (χ4v) is 9.44. The Morgan fingerprint density at radius 2 is 1.70 bits per heavy atom. The number of carbonyl (C=O) groups excluding carboxylic acids is 1. The third-order valence-corrected chi connectivity index (χ3v) is 11.4. The van der Waals surface area contributed by atoms with Crippen molar-refractivity contribution in [3.05, 3.63) is 0 Å². The maximum Gasteiger partial charge on any atom is 0.220 e. The van der Waals surface area contributed by atoms with Crippen molar-refractivity contribution in [2.24, 2.45) is 46.3 Å². The molecule has 1 heterocycles. The molecule has 1 saturated heterocycles. The zero-order valence-electron chi connectivity index (χ0n) is 20.2. The first-order valence-electron chi connectivity index (χ1n) is 13.1. The molecule has 0 aromatic heterocycles. The Balaban J connectivity index is 1.53. The minimum Gasteiger partial charge on any atom is -0.353 e.